The van der Waals surface area contributed by atoms with Crippen molar-refractivity contribution in [2.45, 2.75) is 53.0 Å². The van der Waals surface area contributed by atoms with Crippen molar-refractivity contribution in [1.82, 2.24) is 24.7 Å². The lowest BCUT2D eigenvalue weighted by molar-refractivity contribution is 0.559. The Morgan fingerprint density at radius 1 is 1.22 bits per heavy atom. The zero-order valence-electron chi connectivity index (χ0n) is 15.0. The molecule has 0 aliphatic carbocycles. The Kier molecular flexibility index (Phi) is 5.52. The van der Waals surface area contributed by atoms with Crippen molar-refractivity contribution in [1.29, 1.82) is 0 Å². The minimum Gasteiger partial charge on any atom is -0.347 e. The molecule has 0 aromatic carbocycles. The maximum Gasteiger partial charge on any atom is 0.232 e. The summed E-state index contributed by atoms with van der Waals surface area (Å²) in [5, 5.41) is 7.72. The molecule has 2 aromatic heterocycles. The SMILES string of the molecule is CCCCn1ncc(Nc2nc(C(C)C)nc(N(C)C)n2)c1C. The number of anilines is 3. The smallest absolute Gasteiger partial charge is 0.232 e. The molecule has 0 aliphatic rings. The molecular formula is C16H27N7. The highest BCUT2D eigenvalue weighted by atomic mass is 15.3. The molecule has 0 saturated carbocycles. The molecule has 2 rings (SSSR count). The summed E-state index contributed by atoms with van der Waals surface area (Å²) < 4.78 is 2.02. The Morgan fingerprint density at radius 3 is 2.57 bits per heavy atom. The predicted octanol–water partition coefficient (Wildman–Crippen LogP) is 3.11. The molecule has 7 heteroatoms. The van der Waals surface area contributed by atoms with E-state index in [4.69, 9.17) is 0 Å². The largest absolute Gasteiger partial charge is 0.347 e. The van der Waals surface area contributed by atoms with E-state index in [9.17, 15) is 0 Å². The van der Waals surface area contributed by atoms with Crippen molar-refractivity contribution < 1.29 is 0 Å². The van der Waals surface area contributed by atoms with E-state index in [1.807, 2.05) is 29.9 Å². The van der Waals surface area contributed by atoms with Crippen LogP contribution in [-0.2, 0) is 6.54 Å². The third kappa shape index (κ3) is 4.18. The molecule has 1 N–H and O–H groups in total. The fraction of sp³-hybridized carbons (Fsp3) is 0.625. The molecule has 7 nitrogen and oxygen atoms in total. The van der Waals surface area contributed by atoms with Crippen molar-refractivity contribution in [3.63, 3.8) is 0 Å². The summed E-state index contributed by atoms with van der Waals surface area (Å²) in [7, 11) is 3.86. The van der Waals surface area contributed by atoms with Crippen LogP contribution in [0.5, 0.6) is 0 Å². The number of hydrogen-bond donors (Lipinski definition) is 1. The second-order valence-corrected chi connectivity index (χ2v) is 6.21. The Balaban J connectivity index is 2.27. The van der Waals surface area contributed by atoms with Gasteiger partial charge >= 0.3 is 0 Å². The van der Waals surface area contributed by atoms with E-state index in [0.29, 0.717) is 11.9 Å². The summed E-state index contributed by atoms with van der Waals surface area (Å²) >= 11 is 0. The summed E-state index contributed by atoms with van der Waals surface area (Å²) in [5.41, 5.74) is 2.03. The molecule has 126 valence electrons. The highest BCUT2D eigenvalue weighted by Gasteiger charge is 2.13. The highest BCUT2D eigenvalue weighted by Crippen LogP contribution is 2.21. The van der Waals surface area contributed by atoms with Crippen LogP contribution < -0.4 is 10.2 Å². The third-order valence-electron chi connectivity index (χ3n) is 3.63. The minimum absolute atomic E-state index is 0.241. The van der Waals surface area contributed by atoms with Crippen molar-refractivity contribution in [3.05, 3.63) is 17.7 Å². The van der Waals surface area contributed by atoms with Gasteiger partial charge in [0.1, 0.15) is 5.82 Å². The topological polar surface area (TPSA) is 71.8 Å². The van der Waals surface area contributed by atoms with E-state index in [-0.39, 0.29) is 5.92 Å². The average Bonchev–Trinajstić information content (AvgIpc) is 2.85. The number of nitrogens with one attached hydrogen (secondary N) is 1. The van der Waals surface area contributed by atoms with Crippen molar-refractivity contribution in [2.24, 2.45) is 0 Å². The van der Waals surface area contributed by atoms with Gasteiger partial charge in [0.25, 0.3) is 0 Å². The second-order valence-electron chi connectivity index (χ2n) is 6.21. The van der Waals surface area contributed by atoms with E-state index in [1.165, 1.54) is 0 Å². The summed E-state index contributed by atoms with van der Waals surface area (Å²) in [6, 6.07) is 0. The third-order valence-corrected chi connectivity index (χ3v) is 3.63. The van der Waals surface area contributed by atoms with Crippen molar-refractivity contribution in [3.8, 4) is 0 Å². The maximum atomic E-state index is 4.53. The van der Waals surface area contributed by atoms with Crippen molar-refractivity contribution in [2.75, 3.05) is 24.3 Å². The van der Waals surface area contributed by atoms with Gasteiger partial charge in [0, 0.05) is 26.6 Å². The van der Waals surface area contributed by atoms with Crippen LogP contribution in [0.3, 0.4) is 0 Å². The fourth-order valence-electron chi connectivity index (χ4n) is 2.12. The normalized spacial score (nSPS) is 11.1. The van der Waals surface area contributed by atoms with E-state index in [0.717, 1.165) is 36.6 Å². The quantitative estimate of drug-likeness (QED) is 0.846. The zero-order chi connectivity index (χ0) is 17.0. The molecule has 0 aliphatic heterocycles. The standard InChI is InChI=1S/C16H27N7/c1-7-8-9-23-12(4)13(10-17-23)18-15-19-14(11(2)3)20-16(21-15)22(5)6/h10-11H,7-9H2,1-6H3,(H,18,19,20,21). The Bertz CT molecular complexity index is 620. The second kappa shape index (κ2) is 7.39. The van der Waals surface area contributed by atoms with Gasteiger partial charge < -0.3 is 10.2 Å². The van der Waals surface area contributed by atoms with Gasteiger partial charge in [-0.2, -0.15) is 20.1 Å². The van der Waals surface area contributed by atoms with Gasteiger partial charge in [-0.25, -0.2) is 0 Å². The van der Waals surface area contributed by atoms with Gasteiger partial charge in [0.15, 0.2) is 0 Å². The first-order valence-corrected chi connectivity index (χ1v) is 8.15. The van der Waals surface area contributed by atoms with Crippen LogP contribution in [0.4, 0.5) is 17.6 Å². The van der Waals surface area contributed by atoms with Gasteiger partial charge in [0.05, 0.1) is 17.6 Å². The molecule has 0 spiro atoms. The number of aryl methyl sites for hydroxylation is 1. The Labute approximate surface area is 138 Å². The van der Waals surface area contributed by atoms with E-state index in [2.05, 4.69) is 53.1 Å². The van der Waals surface area contributed by atoms with Crippen LogP contribution in [0.15, 0.2) is 6.20 Å². The van der Waals surface area contributed by atoms with E-state index >= 15 is 0 Å². The predicted molar refractivity (Wildman–Crippen MR) is 93.4 cm³/mol. The summed E-state index contributed by atoms with van der Waals surface area (Å²) in [6.07, 6.45) is 4.11. The van der Waals surface area contributed by atoms with E-state index < -0.39 is 0 Å². The van der Waals surface area contributed by atoms with Crippen LogP contribution in [-0.4, -0.2) is 38.8 Å². The number of hydrogen-bond acceptors (Lipinski definition) is 6. The fourth-order valence-corrected chi connectivity index (χ4v) is 2.12. The van der Waals surface area contributed by atoms with Gasteiger partial charge in [-0.15, -0.1) is 0 Å². The molecule has 0 fully saturated rings. The lowest BCUT2D eigenvalue weighted by Crippen LogP contribution is -2.16. The first kappa shape index (κ1) is 17.2. The molecule has 0 saturated heterocycles. The summed E-state index contributed by atoms with van der Waals surface area (Å²) in [5.74, 6) is 2.24. The van der Waals surface area contributed by atoms with Gasteiger partial charge in [-0.1, -0.05) is 27.2 Å². The van der Waals surface area contributed by atoms with Crippen LogP contribution >= 0.6 is 0 Å². The van der Waals surface area contributed by atoms with Crippen LogP contribution in [0.25, 0.3) is 0 Å². The number of aromatic nitrogens is 5. The Morgan fingerprint density at radius 2 is 1.96 bits per heavy atom. The molecule has 0 bridgehead atoms. The van der Waals surface area contributed by atoms with Crippen LogP contribution in [0, 0.1) is 6.92 Å². The zero-order valence-corrected chi connectivity index (χ0v) is 15.0. The molecule has 23 heavy (non-hydrogen) atoms. The van der Waals surface area contributed by atoms with E-state index in [1.54, 1.807) is 0 Å². The first-order valence-electron chi connectivity index (χ1n) is 8.15. The molecule has 0 amide bonds. The van der Waals surface area contributed by atoms with Gasteiger partial charge in [-0.3, -0.25) is 4.68 Å². The summed E-state index contributed by atoms with van der Waals surface area (Å²) in [4.78, 5) is 15.4. The molecule has 2 aromatic rings. The molecule has 2 heterocycles. The molecular weight excluding hydrogens is 290 g/mol. The van der Waals surface area contributed by atoms with Crippen LogP contribution in [0.1, 0.15) is 51.0 Å². The monoisotopic (exact) mass is 317 g/mol. The lowest BCUT2D eigenvalue weighted by atomic mass is 10.2. The van der Waals surface area contributed by atoms with Crippen LogP contribution in [0.2, 0.25) is 0 Å². The number of rotatable bonds is 7. The molecule has 0 unspecified atom stereocenters. The first-order chi connectivity index (χ1) is 10.9. The average molecular weight is 317 g/mol. The number of unbranched alkanes of at least 4 members (excludes halogenated alkanes) is 1. The minimum atomic E-state index is 0.241. The van der Waals surface area contributed by atoms with Gasteiger partial charge in [0.2, 0.25) is 11.9 Å². The maximum absolute atomic E-state index is 4.53. The molecule has 0 atom stereocenters. The highest BCUT2D eigenvalue weighted by molar-refractivity contribution is 5.56. The number of nitrogens with zero attached hydrogens (tertiary/aromatic N) is 6. The van der Waals surface area contributed by atoms with Crippen molar-refractivity contribution >= 4 is 17.6 Å². The van der Waals surface area contributed by atoms with Gasteiger partial charge in [-0.05, 0) is 13.3 Å². The summed E-state index contributed by atoms with van der Waals surface area (Å²) in [6.45, 7) is 9.32. The molecule has 0 radical (unpaired) electrons. The lowest BCUT2D eigenvalue weighted by Gasteiger charge is -2.14. The Hall–Kier alpha value is -2.18.